The van der Waals surface area contributed by atoms with Gasteiger partial charge in [0.25, 0.3) is 0 Å². The summed E-state index contributed by atoms with van der Waals surface area (Å²) in [4.78, 5) is 15.3. The minimum Gasteiger partial charge on any atom is -0.445 e. The third kappa shape index (κ3) is 6.25. The van der Waals surface area contributed by atoms with Gasteiger partial charge in [-0.3, -0.25) is 0 Å². The molecule has 0 atom stereocenters. The number of halogens is 1. The van der Waals surface area contributed by atoms with Crippen molar-refractivity contribution in [2.24, 2.45) is 11.3 Å². The maximum atomic E-state index is 14.3. The molecule has 1 aliphatic heterocycles. The number of hydrogen-bond acceptors (Lipinski definition) is 4. The van der Waals surface area contributed by atoms with Crippen molar-refractivity contribution < 1.29 is 13.9 Å². The van der Waals surface area contributed by atoms with Crippen molar-refractivity contribution in [1.82, 2.24) is 14.8 Å². The molecule has 214 valence electrons. The van der Waals surface area contributed by atoms with Crippen LogP contribution in [0.1, 0.15) is 82.2 Å². The number of nitrogens with one attached hydrogen (secondary N) is 2. The molecule has 1 aromatic heterocycles. The van der Waals surface area contributed by atoms with Gasteiger partial charge in [-0.15, -0.1) is 0 Å². The lowest BCUT2D eigenvalue weighted by atomic mass is 9.71. The molecule has 3 aromatic rings. The molecule has 0 unspecified atom stereocenters. The Morgan fingerprint density at radius 2 is 1.73 bits per heavy atom. The van der Waals surface area contributed by atoms with E-state index in [1.807, 2.05) is 36.4 Å². The van der Waals surface area contributed by atoms with Crippen LogP contribution in [0.5, 0.6) is 0 Å². The number of fused-ring (bicyclic) bond motifs is 1. The number of benzene rings is 2. The highest BCUT2D eigenvalue weighted by Crippen LogP contribution is 2.40. The zero-order valence-corrected chi connectivity index (χ0v) is 24.1. The predicted octanol–water partition coefficient (Wildman–Crippen LogP) is 7.45. The Balaban J connectivity index is 1.29. The first-order valence-electron chi connectivity index (χ1n) is 14.8. The molecule has 2 fully saturated rings. The fourth-order valence-corrected chi connectivity index (χ4v) is 6.87. The molecule has 1 saturated carbocycles. The lowest BCUT2D eigenvalue weighted by molar-refractivity contribution is 0.0719. The average Bonchev–Trinajstić information content (AvgIpc) is 3.27. The lowest BCUT2D eigenvalue weighted by Crippen LogP contribution is -2.44. The Morgan fingerprint density at radius 1 is 1.02 bits per heavy atom. The third-order valence-corrected chi connectivity index (χ3v) is 9.17. The van der Waals surface area contributed by atoms with Gasteiger partial charge in [0.2, 0.25) is 0 Å². The van der Waals surface area contributed by atoms with Gasteiger partial charge in [0, 0.05) is 53.5 Å². The molecular weight excluding hydrogens is 503 g/mol. The summed E-state index contributed by atoms with van der Waals surface area (Å²) in [6, 6.07) is 15.3. The molecule has 6 nitrogen and oxygen atoms in total. The zero-order valence-electron chi connectivity index (χ0n) is 24.1. The summed E-state index contributed by atoms with van der Waals surface area (Å²) < 4.78 is 22.0. The maximum absolute atomic E-state index is 14.3. The van der Waals surface area contributed by atoms with Crippen LogP contribution in [-0.2, 0) is 17.9 Å². The van der Waals surface area contributed by atoms with Crippen LogP contribution in [0.2, 0.25) is 0 Å². The average molecular weight is 547 g/mol. The SMILES string of the molecule is CC(C)(C)[C@H]1CC[C@@H](N2CCC(n3c(CNC(=O)OCc4ccccc4)c(C=N)c4cc(F)ccc43)CC2)CC1. The molecule has 5 rings (SSSR count). The molecule has 2 aromatic carbocycles. The van der Waals surface area contributed by atoms with Crippen molar-refractivity contribution in [3.8, 4) is 0 Å². The van der Waals surface area contributed by atoms with Gasteiger partial charge in [0.05, 0.1) is 6.54 Å². The number of hydrogen-bond donors (Lipinski definition) is 2. The number of likely N-dealkylation sites (tertiary alicyclic amines) is 1. The second-order valence-corrected chi connectivity index (χ2v) is 12.6. The first-order chi connectivity index (χ1) is 19.2. The first-order valence-corrected chi connectivity index (χ1v) is 14.8. The van der Waals surface area contributed by atoms with Crippen LogP contribution in [0.4, 0.5) is 9.18 Å². The highest BCUT2D eigenvalue weighted by atomic mass is 19.1. The van der Waals surface area contributed by atoms with Gasteiger partial charge >= 0.3 is 6.09 Å². The minimum absolute atomic E-state index is 0.189. The maximum Gasteiger partial charge on any atom is 0.407 e. The number of alkyl carbamates (subject to hydrolysis) is 1. The lowest BCUT2D eigenvalue weighted by Gasteiger charge is -2.44. The van der Waals surface area contributed by atoms with E-state index in [0.717, 1.165) is 48.6 Å². The summed E-state index contributed by atoms with van der Waals surface area (Å²) in [7, 11) is 0. The van der Waals surface area contributed by atoms with E-state index in [0.29, 0.717) is 22.4 Å². The molecule has 0 spiro atoms. The number of rotatable bonds is 7. The van der Waals surface area contributed by atoms with Crippen LogP contribution < -0.4 is 5.32 Å². The molecule has 40 heavy (non-hydrogen) atoms. The summed E-state index contributed by atoms with van der Waals surface area (Å²) in [5.74, 6) is 0.483. The fraction of sp³-hybridized carbons (Fsp3) is 0.515. The molecule has 2 N–H and O–H groups in total. The van der Waals surface area contributed by atoms with Gasteiger partial charge in [0.15, 0.2) is 0 Å². The molecular formula is C33H43FN4O2. The van der Waals surface area contributed by atoms with Gasteiger partial charge in [-0.05, 0) is 73.6 Å². The predicted molar refractivity (Wildman–Crippen MR) is 158 cm³/mol. The van der Waals surface area contributed by atoms with E-state index in [4.69, 9.17) is 10.1 Å². The van der Waals surface area contributed by atoms with E-state index < -0.39 is 6.09 Å². The second-order valence-electron chi connectivity index (χ2n) is 12.6. The Morgan fingerprint density at radius 3 is 2.38 bits per heavy atom. The number of piperidine rings is 1. The molecule has 1 saturated heterocycles. The van der Waals surface area contributed by atoms with Crippen LogP contribution >= 0.6 is 0 Å². The smallest absolute Gasteiger partial charge is 0.407 e. The Hall–Kier alpha value is -3.19. The van der Waals surface area contributed by atoms with Crippen LogP contribution in [0.3, 0.4) is 0 Å². The van der Waals surface area contributed by atoms with Gasteiger partial charge < -0.3 is 24.9 Å². The number of ether oxygens (including phenoxy) is 1. The summed E-state index contributed by atoms with van der Waals surface area (Å²) in [6.07, 6.45) is 7.91. The van der Waals surface area contributed by atoms with Gasteiger partial charge in [-0.25, -0.2) is 9.18 Å². The van der Waals surface area contributed by atoms with Crippen molar-refractivity contribution in [1.29, 1.82) is 5.41 Å². The molecule has 2 aliphatic rings. The third-order valence-electron chi connectivity index (χ3n) is 9.17. The van der Waals surface area contributed by atoms with E-state index in [1.54, 1.807) is 0 Å². The van der Waals surface area contributed by atoms with Crippen LogP contribution in [0.15, 0.2) is 48.5 Å². The van der Waals surface area contributed by atoms with E-state index in [2.05, 4.69) is 35.6 Å². The molecule has 0 radical (unpaired) electrons. The highest BCUT2D eigenvalue weighted by molar-refractivity contribution is 6.00. The molecule has 2 heterocycles. The number of carbonyl (C=O) groups is 1. The van der Waals surface area contributed by atoms with E-state index in [1.165, 1.54) is 44.0 Å². The fourth-order valence-electron chi connectivity index (χ4n) is 6.87. The van der Waals surface area contributed by atoms with Gasteiger partial charge in [-0.1, -0.05) is 51.1 Å². The van der Waals surface area contributed by atoms with E-state index in [-0.39, 0.29) is 25.0 Å². The first kappa shape index (κ1) is 28.3. The monoisotopic (exact) mass is 546 g/mol. The van der Waals surface area contributed by atoms with Crippen LogP contribution in [-0.4, -0.2) is 40.9 Å². The molecule has 0 bridgehead atoms. The summed E-state index contributed by atoms with van der Waals surface area (Å²) >= 11 is 0. The number of carbonyl (C=O) groups excluding carboxylic acids is 1. The van der Waals surface area contributed by atoms with Crippen molar-refractivity contribution in [3.05, 3.63) is 71.2 Å². The van der Waals surface area contributed by atoms with Crippen molar-refractivity contribution >= 4 is 23.2 Å². The van der Waals surface area contributed by atoms with Crippen LogP contribution in [0.25, 0.3) is 10.9 Å². The summed E-state index contributed by atoms with van der Waals surface area (Å²) in [5, 5.41) is 11.8. The quantitative estimate of drug-likeness (QED) is 0.303. The second kappa shape index (κ2) is 12.1. The Bertz CT molecular complexity index is 1310. The van der Waals surface area contributed by atoms with Crippen molar-refractivity contribution in [2.45, 2.75) is 84.5 Å². The molecule has 1 amide bonds. The minimum atomic E-state index is -0.511. The van der Waals surface area contributed by atoms with Crippen molar-refractivity contribution in [3.63, 3.8) is 0 Å². The van der Waals surface area contributed by atoms with Gasteiger partial charge in [-0.2, -0.15) is 0 Å². The molecule has 7 heteroatoms. The Labute approximate surface area is 237 Å². The van der Waals surface area contributed by atoms with Crippen molar-refractivity contribution in [2.75, 3.05) is 13.1 Å². The number of aromatic nitrogens is 1. The zero-order chi connectivity index (χ0) is 28.3. The number of amides is 1. The Kier molecular flexibility index (Phi) is 8.60. The highest BCUT2D eigenvalue weighted by Gasteiger charge is 2.34. The normalized spacial score (nSPS) is 20.9. The largest absolute Gasteiger partial charge is 0.445 e. The van der Waals surface area contributed by atoms with E-state index in [9.17, 15) is 9.18 Å². The topological polar surface area (TPSA) is 70.3 Å². The van der Waals surface area contributed by atoms with E-state index >= 15 is 0 Å². The standard InChI is InChI=1S/C33H43FN4O2/c1-33(2,3)24-9-12-26(13-10-24)37-17-15-27(16-18-37)38-30-14-11-25(34)19-28(30)29(20-35)31(38)21-36-32(39)40-22-23-7-5-4-6-8-23/h4-8,11,14,19-20,24,26-27,35H,9-10,12-13,15-18,21-22H2,1-3H3,(H,36,39)/t24-,26+. The summed E-state index contributed by atoms with van der Waals surface area (Å²) in [5.41, 5.74) is 3.70. The molecule has 1 aliphatic carbocycles. The van der Waals surface area contributed by atoms with Crippen LogP contribution in [0, 0.1) is 22.6 Å². The number of nitrogens with zero attached hydrogens (tertiary/aromatic N) is 2. The summed E-state index contributed by atoms with van der Waals surface area (Å²) in [6.45, 7) is 9.57. The van der Waals surface area contributed by atoms with Gasteiger partial charge in [0.1, 0.15) is 12.4 Å².